The molecule has 2 heteroatoms. The van der Waals surface area contributed by atoms with Crippen molar-refractivity contribution in [3.05, 3.63) is 59.7 Å². The summed E-state index contributed by atoms with van der Waals surface area (Å²) >= 11 is 0. The van der Waals surface area contributed by atoms with Crippen LogP contribution in [0.2, 0.25) is 0 Å². The predicted octanol–water partition coefficient (Wildman–Crippen LogP) is 7.22. The molecule has 0 radical (unpaired) electrons. The molecule has 3 aromatic rings. The summed E-state index contributed by atoms with van der Waals surface area (Å²) in [5, 5.41) is 4.99. The number of carbonyl (C=O) groups is 1. The number of aryl methyl sites for hydroxylation is 1. The minimum Gasteiger partial charge on any atom is -0.458 e. The van der Waals surface area contributed by atoms with E-state index < -0.39 is 0 Å². The van der Waals surface area contributed by atoms with E-state index in [-0.39, 0.29) is 12.1 Å². The lowest BCUT2D eigenvalue weighted by Gasteiger charge is -2.31. The summed E-state index contributed by atoms with van der Waals surface area (Å²) in [5.74, 6) is 3.59. The first-order valence-corrected chi connectivity index (χ1v) is 11.5. The topological polar surface area (TPSA) is 26.3 Å². The molecule has 5 rings (SSSR count). The number of ether oxygens (including phenoxy) is 1. The molecule has 6 unspecified atom stereocenters. The van der Waals surface area contributed by atoms with E-state index in [2.05, 4.69) is 69.3 Å². The summed E-state index contributed by atoms with van der Waals surface area (Å²) < 4.78 is 5.88. The van der Waals surface area contributed by atoms with Gasteiger partial charge in [0.2, 0.25) is 0 Å². The van der Waals surface area contributed by atoms with Crippen LogP contribution in [0.5, 0.6) is 0 Å². The molecule has 2 saturated carbocycles. The zero-order valence-corrected chi connectivity index (χ0v) is 18.5. The number of esters is 1. The van der Waals surface area contributed by atoms with Crippen LogP contribution in [-0.4, -0.2) is 5.97 Å². The van der Waals surface area contributed by atoms with E-state index in [0.29, 0.717) is 18.3 Å². The van der Waals surface area contributed by atoms with Crippen molar-refractivity contribution in [2.24, 2.45) is 29.6 Å². The second kappa shape index (κ2) is 7.41. The fraction of sp³-hybridized carbons (Fsp3) is 0.464. The lowest BCUT2D eigenvalue weighted by atomic mass is 9.74. The van der Waals surface area contributed by atoms with Crippen LogP contribution in [0.3, 0.4) is 0 Å². The maximum absolute atomic E-state index is 12.7. The molecule has 6 atom stereocenters. The van der Waals surface area contributed by atoms with E-state index in [9.17, 15) is 4.79 Å². The summed E-state index contributed by atoms with van der Waals surface area (Å²) in [5.41, 5.74) is 2.34. The number of hydrogen-bond acceptors (Lipinski definition) is 2. The number of rotatable bonds is 4. The molecular formula is C28H32O2. The van der Waals surface area contributed by atoms with Gasteiger partial charge in [0, 0.05) is 6.42 Å². The van der Waals surface area contributed by atoms with Crippen molar-refractivity contribution < 1.29 is 9.53 Å². The van der Waals surface area contributed by atoms with Crippen LogP contribution in [-0.2, 0) is 9.53 Å². The van der Waals surface area contributed by atoms with E-state index in [1.807, 2.05) is 6.92 Å². The van der Waals surface area contributed by atoms with E-state index in [0.717, 1.165) is 23.3 Å². The summed E-state index contributed by atoms with van der Waals surface area (Å²) in [6.45, 7) is 8.88. The highest BCUT2D eigenvalue weighted by atomic mass is 16.5. The maximum Gasteiger partial charge on any atom is 0.306 e. The highest BCUT2D eigenvalue weighted by Crippen LogP contribution is 2.55. The van der Waals surface area contributed by atoms with Gasteiger partial charge < -0.3 is 4.74 Å². The number of benzene rings is 3. The van der Waals surface area contributed by atoms with Crippen molar-refractivity contribution >= 4 is 27.5 Å². The monoisotopic (exact) mass is 400 g/mol. The smallest absolute Gasteiger partial charge is 0.306 e. The van der Waals surface area contributed by atoms with Gasteiger partial charge in [-0.15, -0.1) is 0 Å². The van der Waals surface area contributed by atoms with E-state index >= 15 is 0 Å². The Labute approximate surface area is 179 Å². The van der Waals surface area contributed by atoms with E-state index in [4.69, 9.17) is 4.74 Å². The fourth-order valence-electron chi connectivity index (χ4n) is 6.30. The third-order valence-electron chi connectivity index (χ3n) is 8.26. The molecule has 0 aliphatic heterocycles. The molecule has 3 aromatic carbocycles. The first kappa shape index (κ1) is 19.6. The zero-order chi connectivity index (χ0) is 21.0. The minimum atomic E-state index is -0.218. The second-order valence-electron chi connectivity index (χ2n) is 9.98. The van der Waals surface area contributed by atoms with Gasteiger partial charge in [0.05, 0.1) is 0 Å². The number of carbonyl (C=O) groups excluding carboxylic acids is 1. The van der Waals surface area contributed by atoms with Crippen LogP contribution in [0.4, 0.5) is 0 Å². The first-order chi connectivity index (χ1) is 14.4. The first-order valence-electron chi connectivity index (χ1n) is 11.5. The van der Waals surface area contributed by atoms with Crippen molar-refractivity contribution in [2.45, 2.75) is 53.1 Å². The Morgan fingerprint density at radius 3 is 2.50 bits per heavy atom. The number of fused-ring (bicyclic) bond motifs is 5. The van der Waals surface area contributed by atoms with Crippen LogP contribution in [0, 0.1) is 36.5 Å². The van der Waals surface area contributed by atoms with Gasteiger partial charge >= 0.3 is 5.97 Å². The van der Waals surface area contributed by atoms with Gasteiger partial charge in [-0.05, 0) is 89.5 Å². The largest absolute Gasteiger partial charge is 0.458 e. The molecule has 0 heterocycles. The molecule has 2 fully saturated rings. The zero-order valence-electron chi connectivity index (χ0n) is 18.5. The molecule has 2 aliphatic rings. The third-order valence-corrected chi connectivity index (χ3v) is 8.26. The van der Waals surface area contributed by atoms with Crippen LogP contribution >= 0.6 is 0 Å². The standard InChI is InChI=1S/C28H32O2/c1-16-5-6-20-7-8-22-12-21(9-10-25(22)27(20)11-16)19(4)30-28(29)15-24-13-23-14-26(24)18(3)17(23)2/h5-12,17-19,23-24,26H,13-15H2,1-4H3. The molecule has 2 nitrogen and oxygen atoms in total. The summed E-state index contributed by atoms with van der Waals surface area (Å²) in [6, 6.07) is 17.4. The molecule has 0 saturated heterocycles. The van der Waals surface area contributed by atoms with E-state index in [1.54, 1.807) is 0 Å². The molecular weight excluding hydrogens is 368 g/mol. The maximum atomic E-state index is 12.7. The Balaban J connectivity index is 1.30. The van der Waals surface area contributed by atoms with Crippen molar-refractivity contribution in [2.75, 3.05) is 0 Å². The second-order valence-corrected chi connectivity index (χ2v) is 9.98. The van der Waals surface area contributed by atoms with Crippen molar-refractivity contribution in [1.29, 1.82) is 0 Å². The molecule has 2 bridgehead atoms. The highest BCUT2D eigenvalue weighted by molar-refractivity contribution is 6.07. The lowest BCUT2D eigenvalue weighted by molar-refractivity contribution is -0.150. The molecule has 0 N–H and O–H groups in total. The number of hydrogen-bond donors (Lipinski definition) is 0. The third kappa shape index (κ3) is 3.31. The van der Waals surface area contributed by atoms with Crippen molar-refractivity contribution in [1.82, 2.24) is 0 Å². The van der Waals surface area contributed by atoms with Crippen molar-refractivity contribution in [3.8, 4) is 0 Å². The normalized spacial score (nSPS) is 28.9. The van der Waals surface area contributed by atoms with Crippen LogP contribution in [0.15, 0.2) is 48.5 Å². The SMILES string of the molecule is Cc1ccc2ccc3cc(C(C)OC(=O)CC4CC5CC4C(C)C5C)ccc3c2c1. The average Bonchev–Trinajstić information content (AvgIpc) is 3.26. The van der Waals surface area contributed by atoms with Crippen LogP contribution < -0.4 is 0 Å². The van der Waals surface area contributed by atoms with E-state index in [1.165, 1.54) is 39.9 Å². The van der Waals surface area contributed by atoms with Gasteiger partial charge in [0.1, 0.15) is 6.10 Å². The Hall–Kier alpha value is -2.35. The van der Waals surface area contributed by atoms with Crippen molar-refractivity contribution in [3.63, 3.8) is 0 Å². The quantitative estimate of drug-likeness (QED) is 0.341. The predicted molar refractivity (Wildman–Crippen MR) is 123 cm³/mol. The fourth-order valence-corrected chi connectivity index (χ4v) is 6.30. The Kier molecular flexibility index (Phi) is 4.84. The van der Waals surface area contributed by atoms with Crippen LogP contribution in [0.25, 0.3) is 21.5 Å². The Bertz CT molecular complexity index is 1110. The average molecular weight is 401 g/mol. The Morgan fingerprint density at radius 2 is 1.73 bits per heavy atom. The molecule has 30 heavy (non-hydrogen) atoms. The Morgan fingerprint density at radius 1 is 0.967 bits per heavy atom. The van der Waals surface area contributed by atoms with Gasteiger partial charge in [-0.3, -0.25) is 4.79 Å². The molecule has 156 valence electrons. The molecule has 0 amide bonds. The van der Waals surface area contributed by atoms with Gasteiger partial charge in [-0.25, -0.2) is 0 Å². The lowest BCUT2D eigenvalue weighted by Crippen LogP contribution is -2.26. The highest BCUT2D eigenvalue weighted by Gasteiger charge is 2.49. The summed E-state index contributed by atoms with van der Waals surface area (Å²) in [7, 11) is 0. The summed E-state index contributed by atoms with van der Waals surface area (Å²) in [6.07, 6.45) is 2.89. The molecule has 0 spiro atoms. The minimum absolute atomic E-state index is 0.0332. The molecule has 2 aliphatic carbocycles. The van der Waals surface area contributed by atoms with Gasteiger partial charge in [-0.2, -0.15) is 0 Å². The van der Waals surface area contributed by atoms with Gasteiger partial charge in [-0.1, -0.05) is 61.9 Å². The summed E-state index contributed by atoms with van der Waals surface area (Å²) in [4.78, 5) is 12.7. The van der Waals surface area contributed by atoms with Gasteiger partial charge in [0.25, 0.3) is 0 Å². The van der Waals surface area contributed by atoms with Gasteiger partial charge in [0.15, 0.2) is 0 Å². The van der Waals surface area contributed by atoms with Crippen LogP contribution in [0.1, 0.15) is 57.3 Å². The molecule has 0 aromatic heterocycles.